The zero-order valence-electron chi connectivity index (χ0n) is 22.9. The van der Waals surface area contributed by atoms with E-state index >= 15 is 0 Å². The molecule has 0 aromatic heterocycles. The van der Waals surface area contributed by atoms with E-state index in [1.807, 2.05) is 49.9 Å². The lowest BCUT2D eigenvalue weighted by molar-refractivity contribution is -0.138. The van der Waals surface area contributed by atoms with Gasteiger partial charge in [-0.25, -0.2) is 0 Å². The van der Waals surface area contributed by atoms with E-state index in [9.17, 15) is 14.4 Å². The van der Waals surface area contributed by atoms with Gasteiger partial charge in [-0.3, -0.25) is 14.4 Å². The molecule has 2 aliphatic heterocycles. The summed E-state index contributed by atoms with van der Waals surface area (Å²) >= 11 is 0. The van der Waals surface area contributed by atoms with Gasteiger partial charge in [0.25, 0.3) is 5.91 Å². The third-order valence-corrected chi connectivity index (χ3v) is 7.23. The molecule has 9 heteroatoms. The highest BCUT2D eigenvalue weighted by molar-refractivity contribution is 5.97. The monoisotopic (exact) mass is 535 g/mol. The quantitative estimate of drug-likeness (QED) is 0.641. The average molecular weight is 536 g/mol. The molecular weight excluding hydrogens is 498 g/mol. The first-order chi connectivity index (χ1) is 18.8. The van der Waals surface area contributed by atoms with Crippen molar-refractivity contribution >= 4 is 17.7 Å². The molecule has 1 saturated carbocycles. The van der Waals surface area contributed by atoms with Gasteiger partial charge in [0.1, 0.15) is 17.2 Å². The summed E-state index contributed by atoms with van der Waals surface area (Å²) in [6, 6.07) is 12.4. The number of nitrogens with zero attached hydrogens (tertiary/aromatic N) is 2. The van der Waals surface area contributed by atoms with Gasteiger partial charge in [0.05, 0.1) is 31.4 Å². The number of fused-ring (bicyclic) bond motifs is 5. The van der Waals surface area contributed by atoms with Crippen molar-refractivity contribution in [2.24, 2.45) is 5.92 Å². The molecule has 0 unspecified atom stereocenters. The lowest BCUT2D eigenvalue weighted by atomic mass is 10.0. The number of rotatable bonds is 4. The van der Waals surface area contributed by atoms with Crippen molar-refractivity contribution in [3.8, 4) is 17.2 Å². The van der Waals surface area contributed by atoms with Crippen LogP contribution in [0.1, 0.15) is 56.0 Å². The van der Waals surface area contributed by atoms with Crippen LogP contribution in [0.5, 0.6) is 17.2 Å². The number of hydrogen-bond acceptors (Lipinski definition) is 6. The molecule has 2 fully saturated rings. The summed E-state index contributed by atoms with van der Waals surface area (Å²) in [5.41, 5.74) is 1.30. The topological polar surface area (TPSA) is 97.4 Å². The molecule has 2 heterocycles. The molecular formula is C30H37N3O6. The number of carbonyl (C=O) groups excluding carboxylic acids is 3. The first-order valence-electron chi connectivity index (χ1n) is 13.9. The molecule has 1 saturated heterocycles. The number of hydrogen-bond donors (Lipinski definition) is 1. The normalized spacial score (nSPS) is 22.2. The van der Waals surface area contributed by atoms with Crippen LogP contribution in [0.15, 0.2) is 42.5 Å². The molecule has 4 bridgehead atoms. The third kappa shape index (κ3) is 6.71. The van der Waals surface area contributed by atoms with Gasteiger partial charge >= 0.3 is 0 Å². The minimum atomic E-state index is -0.371. The number of piperidine rings is 1. The maximum absolute atomic E-state index is 13.6. The summed E-state index contributed by atoms with van der Waals surface area (Å²) in [5, 5.41) is 3.08. The van der Waals surface area contributed by atoms with Crippen molar-refractivity contribution in [3.05, 3.63) is 53.6 Å². The average Bonchev–Trinajstić information content (AvgIpc) is 3.75. The molecule has 3 amide bonds. The molecule has 1 aliphatic carbocycles. The van der Waals surface area contributed by atoms with Crippen LogP contribution in [0, 0.1) is 5.92 Å². The smallest absolute Gasteiger partial charge is 0.254 e. The number of benzene rings is 2. The van der Waals surface area contributed by atoms with Gasteiger partial charge in [0, 0.05) is 37.2 Å². The maximum Gasteiger partial charge on any atom is 0.254 e. The van der Waals surface area contributed by atoms with Crippen LogP contribution in [0.25, 0.3) is 0 Å². The zero-order valence-corrected chi connectivity index (χ0v) is 22.9. The highest BCUT2D eigenvalue weighted by Gasteiger charge is 2.39. The first-order valence-corrected chi connectivity index (χ1v) is 13.9. The molecule has 0 radical (unpaired) electrons. The number of carbonyl (C=O) groups is 3. The summed E-state index contributed by atoms with van der Waals surface area (Å²) in [6.45, 7) is 7.23. The van der Waals surface area contributed by atoms with E-state index in [1.54, 1.807) is 18.2 Å². The lowest BCUT2D eigenvalue weighted by Crippen LogP contribution is -2.58. The van der Waals surface area contributed by atoms with Crippen LogP contribution >= 0.6 is 0 Å². The Labute approximate surface area is 229 Å². The Balaban J connectivity index is 1.45. The van der Waals surface area contributed by atoms with Crippen LogP contribution in [-0.2, 0) is 20.9 Å². The number of likely N-dealkylation sites (N-methyl/N-ethyl adjacent to an activating group) is 1. The van der Waals surface area contributed by atoms with Crippen molar-refractivity contribution in [2.45, 2.75) is 64.9 Å². The molecule has 39 heavy (non-hydrogen) atoms. The van der Waals surface area contributed by atoms with Crippen molar-refractivity contribution in [2.75, 3.05) is 26.2 Å². The maximum atomic E-state index is 13.6. The van der Waals surface area contributed by atoms with Gasteiger partial charge < -0.3 is 29.3 Å². The van der Waals surface area contributed by atoms with Crippen LogP contribution in [0.2, 0.25) is 0 Å². The molecule has 208 valence electrons. The van der Waals surface area contributed by atoms with Gasteiger partial charge in [0.2, 0.25) is 11.8 Å². The predicted octanol–water partition coefficient (Wildman–Crippen LogP) is 3.75. The number of likely N-dealkylation sites (tertiary alicyclic amines) is 1. The second-order valence-electron chi connectivity index (χ2n) is 10.8. The Morgan fingerprint density at radius 1 is 1.10 bits per heavy atom. The van der Waals surface area contributed by atoms with Crippen LogP contribution < -0.4 is 14.8 Å². The van der Waals surface area contributed by atoms with Gasteiger partial charge in [-0.05, 0) is 69.9 Å². The van der Waals surface area contributed by atoms with E-state index < -0.39 is 0 Å². The molecule has 2 atom stereocenters. The summed E-state index contributed by atoms with van der Waals surface area (Å²) in [4.78, 5) is 42.9. The predicted molar refractivity (Wildman–Crippen MR) is 145 cm³/mol. The highest BCUT2D eigenvalue weighted by atomic mass is 16.5. The molecule has 2 aromatic carbocycles. The Hall–Kier alpha value is -3.59. The fourth-order valence-electron chi connectivity index (χ4n) is 5.13. The fraction of sp³-hybridized carbons (Fsp3) is 0.500. The molecule has 3 aliphatic rings. The summed E-state index contributed by atoms with van der Waals surface area (Å²) in [7, 11) is 0. The Kier molecular flexibility index (Phi) is 8.07. The minimum Gasteiger partial charge on any atom is -0.491 e. The van der Waals surface area contributed by atoms with E-state index in [4.69, 9.17) is 14.2 Å². The SMILES string of the molecule is CCN1CC(=O)N[C@H]2CN(C(=O)C3CC3)CC[C@@H]2OCc2cccc(c2)Oc2cc(OC(C)C)cc(c2)C1=O. The molecule has 2 aromatic rings. The van der Waals surface area contributed by atoms with Crippen molar-refractivity contribution in [1.82, 2.24) is 15.1 Å². The Morgan fingerprint density at radius 3 is 2.67 bits per heavy atom. The van der Waals surface area contributed by atoms with Crippen molar-refractivity contribution in [1.29, 1.82) is 0 Å². The van der Waals surface area contributed by atoms with E-state index in [0.717, 1.165) is 18.4 Å². The number of ether oxygens (including phenoxy) is 3. The fourth-order valence-corrected chi connectivity index (χ4v) is 5.13. The summed E-state index contributed by atoms with van der Waals surface area (Å²) in [6.07, 6.45) is 2.14. The largest absolute Gasteiger partial charge is 0.491 e. The number of nitrogens with one attached hydrogen (secondary N) is 1. The van der Waals surface area contributed by atoms with E-state index in [0.29, 0.717) is 55.5 Å². The standard InChI is InChI=1S/C30H37N3O6/c1-4-32-17-28(34)31-26-16-33(29(35)21-8-9-21)11-10-27(26)37-18-20-6-5-7-23(12-20)39-25-14-22(30(32)36)13-24(15-25)38-19(2)3/h5-7,12-15,19,21,26-27H,4,8-11,16-18H2,1-3H3,(H,31,34)/t26-,27-/m0/s1. The van der Waals surface area contributed by atoms with E-state index in [2.05, 4.69) is 5.32 Å². The number of amides is 3. The first kappa shape index (κ1) is 27.0. The van der Waals surface area contributed by atoms with Crippen LogP contribution in [0.3, 0.4) is 0 Å². The molecule has 1 N–H and O–H groups in total. The third-order valence-electron chi connectivity index (χ3n) is 7.23. The molecule has 5 rings (SSSR count). The zero-order chi connectivity index (χ0) is 27.5. The van der Waals surface area contributed by atoms with Gasteiger partial charge in [-0.15, -0.1) is 0 Å². The van der Waals surface area contributed by atoms with Gasteiger partial charge in [-0.1, -0.05) is 12.1 Å². The van der Waals surface area contributed by atoms with Crippen LogP contribution in [0.4, 0.5) is 0 Å². The molecule has 9 nitrogen and oxygen atoms in total. The molecule has 0 spiro atoms. The summed E-state index contributed by atoms with van der Waals surface area (Å²) < 4.78 is 18.4. The Bertz CT molecular complexity index is 1230. The van der Waals surface area contributed by atoms with Crippen LogP contribution in [-0.4, -0.2) is 72.0 Å². The van der Waals surface area contributed by atoms with E-state index in [1.165, 1.54) is 4.90 Å². The van der Waals surface area contributed by atoms with E-state index in [-0.39, 0.29) is 48.4 Å². The highest BCUT2D eigenvalue weighted by Crippen LogP contribution is 2.33. The summed E-state index contributed by atoms with van der Waals surface area (Å²) in [5.74, 6) is 1.28. The van der Waals surface area contributed by atoms with Gasteiger partial charge in [0.15, 0.2) is 0 Å². The second kappa shape index (κ2) is 11.7. The lowest BCUT2D eigenvalue weighted by Gasteiger charge is -2.39. The Morgan fingerprint density at radius 2 is 1.92 bits per heavy atom. The van der Waals surface area contributed by atoms with Gasteiger partial charge in [-0.2, -0.15) is 0 Å². The second-order valence-corrected chi connectivity index (χ2v) is 10.8. The van der Waals surface area contributed by atoms with Crippen molar-refractivity contribution < 1.29 is 28.6 Å². The van der Waals surface area contributed by atoms with Crippen molar-refractivity contribution in [3.63, 3.8) is 0 Å². The minimum absolute atomic E-state index is 0.0932.